The Balaban J connectivity index is 1.59. The van der Waals surface area contributed by atoms with Crippen LogP contribution in [0.4, 0.5) is 0 Å². The number of rotatable bonds is 7. The van der Waals surface area contributed by atoms with E-state index >= 15 is 0 Å². The zero-order valence-electron chi connectivity index (χ0n) is 25.3. The van der Waals surface area contributed by atoms with Gasteiger partial charge >= 0.3 is 5.97 Å². The highest BCUT2D eigenvalue weighted by atomic mass is 16.4. The van der Waals surface area contributed by atoms with Crippen molar-refractivity contribution in [3.8, 4) is 0 Å². The maximum Gasteiger partial charge on any atom is 0.315 e. The third-order valence-electron chi connectivity index (χ3n) is 9.71. The first-order chi connectivity index (χ1) is 22.6. The molecule has 2 heteroatoms. The molecule has 0 saturated heterocycles. The van der Waals surface area contributed by atoms with Crippen molar-refractivity contribution in [1.82, 2.24) is 0 Å². The maximum absolute atomic E-state index is 14.4. The lowest BCUT2D eigenvalue weighted by atomic mass is 9.60. The fourth-order valence-electron chi connectivity index (χ4n) is 7.69. The molecule has 0 aliphatic rings. The Morgan fingerprint density at radius 3 is 1.35 bits per heavy atom. The van der Waals surface area contributed by atoms with Crippen LogP contribution in [0.25, 0.3) is 43.1 Å². The van der Waals surface area contributed by atoms with Crippen molar-refractivity contribution in [2.75, 3.05) is 0 Å². The van der Waals surface area contributed by atoms with Crippen molar-refractivity contribution in [3.05, 3.63) is 192 Å². The summed E-state index contributed by atoms with van der Waals surface area (Å²) >= 11 is 0. The van der Waals surface area contributed by atoms with E-state index in [1.165, 1.54) is 0 Å². The molecule has 0 heterocycles. The lowest BCUT2D eigenvalue weighted by molar-refractivity contribution is -0.144. The van der Waals surface area contributed by atoms with Crippen LogP contribution in [0.3, 0.4) is 0 Å². The standard InChI is InChI=1S/C44H32O2/c45-43(46)44(33-19-5-2-6-20-33,29-30-15-3-1-4-16-30)42(40-27-31-17-7-9-21-34(31)36-23-11-13-25-38(36)40)41-28-32-18-8-10-22-35(32)37-24-12-14-26-39(37)41/h1-28,42H,29H2,(H,45,46). The molecule has 0 spiro atoms. The van der Waals surface area contributed by atoms with Crippen LogP contribution < -0.4 is 0 Å². The molecular weight excluding hydrogens is 560 g/mol. The van der Waals surface area contributed by atoms with E-state index in [4.69, 9.17) is 0 Å². The van der Waals surface area contributed by atoms with Gasteiger partial charge in [0.05, 0.1) is 0 Å². The first-order valence-corrected chi connectivity index (χ1v) is 15.8. The quantitative estimate of drug-likeness (QED) is 0.187. The predicted molar refractivity (Wildman–Crippen MR) is 191 cm³/mol. The lowest BCUT2D eigenvalue weighted by Gasteiger charge is -2.40. The van der Waals surface area contributed by atoms with Crippen LogP contribution in [0.1, 0.15) is 28.2 Å². The number of carboxylic acid groups (broad SMARTS) is 1. The molecule has 1 N–H and O–H groups in total. The van der Waals surface area contributed by atoms with Crippen LogP contribution in [0.15, 0.2) is 170 Å². The van der Waals surface area contributed by atoms with Crippen LogP contribution in [0, 0.1) is 0 Å². The molecule has 8 rings (SSSR count). The minimum atomic E-state index is -1.35. The van der Waals surface area contributed by atoms with Crippen molar-refractivity contribution >= 4 is 49.1 Å². The summed E-state index contributed by atoms with van der Waals surface area (Å²) in [5.74, 6) is -1.39. The fourth-order valence-corrected chi connectivity index (χ4v) is 7.69. The van der Waals surface area contributed by atoms with Crippen LogP contribution in [0.2, 0.25) is 0 Å². The molecule has 220 valence electrons. The van der Waals surface area contributed by atoms with E-state index in [1.54, 1.807) is 0 Å². The van der Waals surface area contributed by atoms with Crippen LogP contribution in [-0.2, 0) is 16.6 Å². The molecule has 0 fully saturated rings. The number of benzene rings is 8. The van der Waals surface area contributed by atoms with E-state index in [-0.39, 0.29) is 0 Å². The van der Waals surface area contributed by atoms with Gasteiger partial charge in [0.1, 0.15) is 5.41 Å². The van der Waals surface area contributed by atoms with Gasteiger partial charge in [-0.2, -0.15) is 0 Å². The van der Waals surface area contributed by atoms with Crippen LogP contribution in [-0.4, -0.2) is 11.1 Å². The summed E-state index contributed by atoms with van der Waals surface area (Å²) in [6, 6.07) is 58.3. The molecular formula is C44H32O2. The van der Waals surface area contributed by atoms with Gasteiger partial charge in [-0.3, -0.25) is 4.79 Å². The summed E-state index contributed by atoms with van der Waals surface area (Å²) in [6.07, 6.45) is 0.320. The van der Waals surface area contributed by atoms with Crippen molar-refractivity contribution in [2.45, 2.75) is 17.8 Å². The van der Waals surface area contributed by atoms with Gasteiger partial charge in [-0.15, -0.1) is 0 Å². The number of carbonyl (C=O) groups is 1. The molecule has 46 heavy (non-hydrogen) atoms. The molecule has 1 atom stereocenters. The third-order valence-corrected chi connectivity index (χ3v) is 9.71. The van der Waals surface area contributed by atoms with Gasteiger partial charge < -0.3 is 5.11 Å². The molecule has 0 aromatic heterocycles. The average molecular weight is 593 g/mol. The van der Waals surface area contributed by atoms with Gasteiger partial charge in [0.2, 0.25) is 0 Å². The first kappa shape index (κ1) is 27.8. The Kier molecular flexibility index (Phi) is 6.84. The van der Waals surface area contributed by atoms with Crippen LogP contribution in [0.5, 0.6) is 0 Å². The zero-order chi connectivity index (χ0) is 31.1. The molecule has 8 aromatic carbocycles. The molecule has 1 unspecified atom stereocenters. The van der Waals surface area contributed by atoms with Crippen molar-refractivity contribution in [3.63, 3.8) is 0 Å². The number of hydrogen-bond acceptors (Lipinski definition) is 1. The minimum absolute atomic E-state index is 0.320. The van der Waals surface area contributed by atoms with E-state index in [1.807, 2.05) is 48.5 Å². The molecule has 0 radical (unpaired) electrons. The highest BCUT2D eigenvalue weighted by Crippen LogP contribution is 2.51. The summed E-state index contributed by atoms with van der Waals surface area (Å²) in [5, 5.41) is 20.7. The largest absolute Gasteiger partial charge is 0.481 e. The second-order valence-corrected chi connectivity index (χ2v) is 12.2. The Labute approximate surface area is 268 Å². The van der Waals surface area contributed by atoms with Crippen LogP contribution >= 0.6 is 0 Å². The summed E-state index contributed by atoms with van der Waals surface area (Å²) in [7, 11) is 0. The lowest BCUT2D eigenvalue weighted by Crippen LogP contribution is -2.44. The number of aliphatic carboxylic acids is 1. The van der Waals surface area contributed by atoms with E-state index in [0.717, 1.165) is 65.3 Å². The smallest absolute Gasteiger partial charge is 0.315 e. The molecule has 0 bridgehead atoms. The van der Waals surface area contributed by atoms with Crippen molar-refractivity contribution in [1.29, 1.82) is 0 Å². The Morgan fingerprint density at radius 1 is 0.478 bits per heavy atom. The van der Waals surface area contributed by atoms with Crippen molar-refractivity contribution in [2.24, 2.45) is 0 Å². The average Bonchev–Trinajstić information content (AvgIpc) is 3.12. The topological polar surface area (TPSA) is 37.3 Å². The van der Waals surface area contributed by atoms with Gasteiger partial charge in [0.15, 0.2) is 0 Å². The second kappa shape index (κ2) is 11.3. The summed E-state index contributed by atoms with van der Waals surface area (Å²) < 4.78 is 0. The van der Waals surface area contributed by atoms with Gasteiger partial charge in [0, 0.05) is 5.92 Å². The van der Waals surface area contributed by atoms with Gasteiger partial charge in [-0.05, 0) is 83.9 Å². The maximum atomic E-state index is 14.4. The van der Waals surface area contributed by atoms with E-state index in [9.17, 15) is 9.90 Å². The highest BCUT2D eigenvalue weighted by Gasteiger charge is 2.50. The normalized spacial score (nSPS) is 13.0. The molecule has 0 saturated carbocycles. The second-order valence-electron chi connectivity index (χ2n) is 12.2. The monoisotopic (exact) mass is 592 g/mol. The zero-order valence-corrected chi connectivity index (χ0v) is 25.3. The van der Waals surface area contributed by atoms with E-state index in [2.05, 4.69) is 121 Å². The van der Waals surface area contributed by atoms with Crippen molar-refractivity contribution < 1.29 is 9.90 Å². The summed E-state index contributed by atoms with van der Waals surface area (Å²) in [4.78, 5) is 14.4. The Morgan fingerprint density at radius 2 is 0.870 bits per heavy atom. The van der Waals surface area contributed by atoms with Gasteiger partial charge in [0.25, 0.3) is 0 Å². The SMILES string of the molecule is O=C(O)C(Cc1ccccc1)(c1ccccc1)C(c1cc2ccccc2c2ccccc12)c1cc2ccccc2c2ccccc12. The predicted octanol–water partition coefficient (Wildman–Crippen LogP) is 10.7. The molecule has 0 aliphatic carbocycles. The minimum Gasteiger partial charge on any atom is -0.481 e. The molecule has 2 nitrogen and oxygen atoms in total. The molecule has 8 aromatic rings. The number of hydrogen-bond donors (Lipinski definition) is 1. The third kappa shape index (κ3) is 4.45. The number of carboxylic acids is 1. The highest BCUT2D eigenvalue weighted by molar-refractivity contribution is 6.12. The van der Waals surface area contributed by atoms with Gasteiger partial charge in [-0.1, -0.05) is 158 Å². The van der Waals surface area contributed by atoms with E-state index < -0.39 is 17.3 Å². The Hall–Kier alpha value is -5.73. The van der Waals surface area contributed by atoms with Gasteiger partial charge in [-0.25, -0.2) is 0 Å². The summed E-state index contributed by atoms with van der Waals surface area (Å²) in [6.45, 7) is 0. The van der Waals surface area contributed by atoms with E-state index in [0.29, 0.717) is 6.42 Å². The Bertz CT molecular complexity index is 2260. The molecule has 0 aliphatic heterocycles. The first-order valence-electron chi connectivity index (χ1n) is 15.8. The number of fused-ring (bicyclic) bond motifs is 6. The fraction of sp³-hybridized carbons (Fsp3) is 0.0682. The summed E-state index contributed by atoms with van der Waals surface area (Å²) in [5.41, 5.74) is 2.44. The molecule has 0 amide bonds.